The molecule has 3 aromatic rings. The van der Waals surface area contributed by atoms with Crippen molar-refractivity contribution in [2.24, 2.45) is 7.05 Å². The van der Waals surface area contributed by atoms with Crippen LogP contribution in [0.25, 0.3) is 17.1 Å². The minimum absolute atomic E-state index is 0.0190. The highest BCUT2D eigenvalue weighted by Gasteiger charge is 2.29. The van der Waals surface area contributed by atoms with Crippen LogP contribution in [0.3, 0.4) is 0 Å². The summed E-state index contributed by atoms with van der Waals surface area (Å²) in [4.78, 5) is 11.4. The van der Waals surface area contributed by atoms with Gasteiger partial charge in [-0.1, -0.05) is 11.6 Å². The molecule has 0 radical (unpaired) electrons. The molecule has 0 atom stereocenters. The van der Waals surface area contributed by atoms with Crippen molar-refractivity contribution >= 4 is 17.6 Å². The van der Waals surface area contributed by atoms with E-state index in [-0.39, 0.29) is 11.4 Å². The first-order valence-corrected chi connectivity index (χ1v) is 7.16. The highest BCUT2D eigenvalue weighted by Crippen LogP contribution is 2.30. The van der Waals surface area contributed by atoms with Crippen LogP contribution in [0, 0.1) is 0 Å². The number of aromatic carboxylic acids is 1. The first kappa shape index (κ1) is 16.1. The molecular formula is C15H11ClF2N4O2. The molecule has 0 bridgehead atoms. The number of halogens is 3. The number of aromatic nitrogens is 4. The number of hydrogen-bond donors (Lipinski definition) is 1. The van der Waals surface area contributed by atoms with Crippen LogP contribution in [0.5, 0.6) is 0 Å². The van der Waals surface area contributed by atoms with Gasteiger partial charge in [0.25, 0.3) is 6.43 Å². The number of rotatable bonds is 4. The molecule has 1 aromatic carbocycles. The van der Waals surface area contributed by atoms with Gasteiger partial charge in [-0.3, -0.25) is 4.68 Å². The average molecular weight is 353 g/mol. The van der Waals surface area contributed by atoms with Crippen molar-refractivity contribution in [3.05, 3.63) is 52.8 Å². The third kappa shape index (κ3) is 2.76. The van der Waals surface area contributed by atoms with Gasteiger partial charge in [-0.15, -0.1) is 0 Å². The monoisotopic (exact) mass is 352 g/mol. The van der Waals surface area contributed by atoms with Gasteiger partial charge in [0.05, 0.1) is 5.69 Å². The number of carboxylic acids is 1. The van der Waals surface area contributed by atoms with E-state index >= 15 is 0 Å². The molecule has 0 spiro atoms. The van der Waals surface area contributed by atoms with Gasteiger partial charge in [0.15, 0.2) is 0 Å². The van der Waals surface area contributed by atoms with Crippen molar-refractivity contribution in [3.8, 4) is 17.1 Å². The van der Waals surface area contributed by atoms with Gasteiger partial charge < -0.3 is 5.11 Å². The van der Waals surface area contributed by atoms with Gasteiger partial charge in [0.1, 0.15) is 22.6 Å². The molecule has 0 aliphatic carbocycles. The van der Waals surface area contributed by atoms with Gasteiger partial charge in [-0.25, -0.2) is 18.3 Å². The molecule has 2 heterocycles. The zero-order valence-electron chi connectivity index (χ0n) is 12.3. The molecule has 0 saturated heterocycles. The Morgan fingerprint density at radius 2 is 1.88 bits per heavy atom. The minimum Gasteiger partial charge on any atom is -0.478 e. The molecule has 0 aliphatic heterocycles. The summed E-state index contributed by atoms with van der Waals surface area (Å²) in [7, 11) is 1.40. The Kier molecular flexibility index (Phi) is 4.06. The molecular weight excluding hydrogens is 342 g/mol. The van der Waals surface area contributed by atoms with Crippen molar-refractivity contribution in [2.75, 3.05) is 0 Å². The van der Waals surface area contributed by atoms with E-state index in [1.54, 1.807) is 30.5 Å². The molecule has 0 unspecified atom stereocenters. The van der Waals surface area contributed by atoms with E-state index in [9.17, 15) is 18.7 Å². The summed E-state index contributed by atoms with van der Waals surface area (Å²) in [5.41, 5.74) is -0.386. The Labute approximate surface area is 139 Å². The van der Waals surface area contributed by atoms with Gasteiger partial charge in [-0.05, 0) is 30.3 Å². The van der Waals surface area contributed by atoms with E-state index < -0.39 is 23.7 Å². The number of alkyl halides is 2. The summed E-state index contributed by atoms with van der Waals surface area (Å²) in [6.45, 7) is 0. The molecule has 0 fully saturated rings. The van der Waals surface area contributed by atoms with E-state index in [1.165, 1.54) is 17.8 Å². The highest BCUT2D eigenvalue weighted by molar-refractivity contribution is 6.30. The van der Waals surface area contributed by atoms with Crippen LogP contribution in [0.4, 0.5) is 8.78 Å². The zero-order valence-corrected chi connectivity index (χ0v) is 13.1. The van der Waals surface area contributed by atoms with Crippen molar-refractivity contribution in [2.45, 2.75) is 6.43 Å². The number of nitrogens with zero attached hydrogens (tertiary/aromatic N) is 4. The Balaban J connectivity index is 2.10. The van der Waals surface area contributed by atoms with Crippen LogP contribution < -0.4 is 0 Å². The Morgan fingerprint density at radius 1 is 1.21 bits per heavy atom. The fourth-order valence-corrected chi connectivity index (χ4v) is 2.52. The molecule has 9 heteroatoms. The lowest BCUT2D eigenvalue weighted by atomic mass is 10.1. The topological polar surface area (TPSA) is 72.9 Å². The van der Waals surface area contributed by atoms with Crippen LogP contribution >= 0.6 is 11.6 Å². The molecule has 3 rings (SSSR count). The van der Waals surface area contributed by atoms with Crippen molar-refractivity contribution < 1.29 is 18.7 Å². The number of benzene rings is 1. The van der Waals surface area contributed by atoms with Crippen molar-refractivity contribution in [3.63, 3.8) is 0 Å². The molecule has 0 saturated carbocycles. The lowest BCUT2D eigenvalue weighted by molar-refractivity contribution is 0.0685. The minimum atomic E-state index is -2.99. The standard InChI is InChI=1S/C15H11ClF2N4O2/c1-21-13(11(15(23)24)12(20-21)14(17)18)10-6-7-22(19-10)9-4-2-8(16)3-5-9/h2-7,14H,1H3,(H,23,24). The van der Waals surface area contributed by atoms with Gasteiger partial charge in [-0.2, -0.15) is 10.2 Å². The van der Waals surface area contributed by atoms with Gasteiger partial charge >= 0.3 is 5.97 Å². The average Bonchev–Trinajstić information content (AvgIpc) is 3.12. The first-order valence-electron chi connectivity index (χ1n) is 6.79. The number of carboxylic acid groups (broad SMARTS) is 1. The molecule has 124 valence electrons. The summed E-state index contributed by atoms with van der Waals surface area (Å²) in [6, 6.07) is 8.35. The Hall–Kier alpha value is -2.74. The normalized spacial score (nSPS) is 11.2. The third-order valence-electron chi connectivity index (χ3n) is 3.42. The Morgan fingerprint density at radius 3 is 2.46 bits per heavy atom. The predicted octanol–water partition coefficient (Wildman–Crippen LogP) is 3.56. The second kappa shape index (κ2) is 6.04. The van der Waals surface area contributed by atoms with Gasteiger partial charge in [0, 0.05) is 18.3 Å². The summed E-state index contributed by atoms with van der Waals surface area (Å²) >= 11 is 5.83. The fourth-order valence-electron chi connectivity index (χ4n) is 2.39. The maximum Gasteiger partial charge on any atom is 0.340 e. The third-order valence-corrected chi connectivity index (χ3v) is 3.67. The summed E-state index contributed by atoms with van der Waals surface area (Å²) in [5.74, 6) is -1.48. The maximum atomic E-state index is 13.0. The van der Waals surface area contributed by atoms with Crippen LogP contribution in [0.15, 0.2) is 36.5 Å². The molecule has 24 heavy (non-hydrogen) atoms. The lowest BCUT2D eigenvalue weighted by Gasteiger charge is -2.02. The zero-order chi connectivity index (χ0) is 17.4. The van der Waals surface area contributed by atoms with Crippen molar-refractivity contribution in [1.82, 2.24) is 19.6 Å². The SMILES string of the molecule is Cn1nc(C(F)F)c(C(=O)O)c1-c1ccn(-c2ccc(Cl)cc2)n1. The number of hydrogen-bond acceptors (Lipinski definition) is 3. The summed E-state index contributed by atoms with van der Waals surface area (Å²) in [5, 5.41) is 17.7. The smallest absolute Gasteiger partial charge is 0.340 e. The van der Waals surface area contributed by atoms with Crippen LogP contribution in [-0.4, -0.2) is 30.6 Å². The second-order valence-corrected chi connectivity index (χ2v) is 5.40. The second-order valence-electron chi connectivity index (χ2n) is 4.96. The molecule has 2 aromatic heterocycles. The largest absolute Gasteiger partial charge is 0.478 e. The Bertz CT molecular complexity index is 903. The van der Waals surface area contributed by atoms with Crippen LogP contribution in [0.1, 0.15) is 22.5 Å². The molecule has 0 aliphatic rings. The number of aryl methyl sites for hydroxylation is 1. The van der Waals surface area contributed by atoms with Crippen LogP contribution in [-0.2, 0) is 7.05 Å². The van der Waals surface area contributed by atoms with E-state index in [0.717, 1.165) is 4.68 Å². The van der Waals surface area contributed by atoms with Gasteiger partial charge in [0.2, 0.25) is 0 Å². The molecule has 6 nitrogen and oxygen atoms in total. The maximum absolute atomic E-state index is 13.0. The first-order chi connectivity index (χ1) is 11.4. The fraction of sp³-hybridized carbons (Fsp3) is 0.133. The van der Waals surface area contributed by atoms with E-state index in [0.29, 0.717) is 10.7 Å². The van der Waals surface area contributed by atoms with E-state index in [4.69, 9.17) is 11.6 Å². The van der Waals surface area contributed by atoms with E-state index in [2.05, 4.69) is 10.2 Å². The van der Waals surface area contributed by atoms with E-state index in [1.807, 2.05) is 0 Å². The lowest BCUT2D eigenvalue weighted by Crippen LogP contribution is -2.04. The van der Waals surface area contributed by atoms with Crippen molar-refractivity contribution in [1.29, 1.82) is 0 Å². The summed E-state index contributed by atoms with van der Waals surface area (Å²) < 4.78 is 28.6. The molecule has 1 N–H and O–H groups in total. The molecule has 0 amide bonds. The number of carbonyl (C=O) groups is 1. The summed E-state index contributed by atoms with van der Waals surface area (Å²) in [6.07, 6.45) is -1.39. The highest BCUT2D eigenvalue weighted by atomic mass is 35.5. The van der Waals surface area contributed by atoms with Crippen LogP contribution in [0.2, 0.25) is 5.02 Å². The quantitative estimate of drug-likeness (QED) is 0.779. The predicted molar refractivity (Wildman–Crippen MR) is 82.7 cm³/mol.